The first kappa shape index (κ1) is 20.2. The number of pyridine rings is 1. The van der Waals surface area contributed by atoms with Crippen molar-refractivity contribution in [1.82, 2.24) is 4.98 Å². The lowest BCUT2D eigenvalue weighted by Crippen LogP contribution is -2.23. The number of nitrogens with one attached hydrogen (secondary N) is 1. The zero-order valence-electron chi connectivity index (χ0n) is 14.6. The molecule has 2 unspecified atom stereocenters. The Bertz CT molecular complexity index is 651. The van der Waals surface area contributed by atoms with E-state index in [1.807, 2.05) is 50.2 Å². The van der Waals surface area contributed by atoms with Crippen LogP contribution in [0.15, 0.2) is 48.7 Å². The Labute approximate surface area is 148 Å². The molecule has 6 nitrogen and oxygen atoms in total. The number of anilines is 1. The molecular formula is C19H26N4O2. The zero-order chi connectivity index (χ0) is 18.8. The van der Waals surface area contributed by atoms with Crippen LogP contribution in [-0.2, 0) is 4.79 Å². The Balaban J connectivity index is 0.000000324. The van der Waals surface area contributed by atoms with E-state index in [0.29, 0.717) is 12.2 Å². The molecule has 25 heavy (non-hydrogen) atoms. The normalized spacial score (nSPS) is 12.4. The number of carboxylic acids is 1. The fourth-order valence-corrected chi connectivity index (χ4v) is 2.36. The van der Waals surface area contributed by atoms with Crippen molar-refractivity contribution in [2.24, 2.45) is 11.7 Å². The van der Waals surface area contributed by atoms with Gasteiger partial charge >= 0.3 is 5.97 Å². The number of hydrogen-bond donors (Lipinski definition) is 4. The van der Waals surface area contributed by atoms with Crippen molar-refractivity contribution in [3.63, 3.8) is 0 Å². The van der Waals surface area contributed by atoms with Gasteiger partial charge in [0.1, 0.15) is 5.82 Å². The number of carbonyl (C=O) groups is 1. The van der Waals surface area contributed by atoms with E-state index in [9.17, 15) is 4.79 Å². The zero-order valence-corrected chi connectivity index (χ0v) is 14.6. The van der Waals surface area contributed by atoms with E-state index in [0.717, 1.165) is 11.1 Å². The van der Waals surface area contributed by atoms with Crippen LogP contribution in [-0.4, -0.2) is 21.9 Å². The molecule has 2 rings (SSSR count). The van der Waals surface area contributed by atoms with Gasteiger partial charge in [-0.25, -0.2) is 4.98 Å². The number of carboxylic acid groups (broad SMARTS) is 1. The molecule has 0 saturated heterocycles. The van der Waals surface area contributed by atoms with Crippen LogP contribution in [0.1, 0.15) is 36.8 Å². The molecule has 1 heterocycles. The Morgan fingerprint density at radius 2 is 1.88 bits per heavy atom. The molecule has 0 aliphatic carbocycles. The molecule has 0 aliphatic heterocycles. The Kier molecular flexibility index (Phi) is 8.12. The van der Waals surface area contributed by atoms with Crippen LogP contribution in [0.5, 0.6) is 0 Å². The SMILES string of the molecule is CC(CC(CC(=N)N)C(=O)O)c1ccccc1.Cc1ccc(N)nc1. The molecule has 0 bridgehead atoms. The van der Waals surface area contributed by atoms with E-state index in [4.69, 9.17) is 22.0 Å². The lowest BCUT2D eigenvalue weighted by molar-refractivity contribution is -0.141. The predicted molar refractivity (Wildman–Crippen MR) is 101 cm³/mol. The van der Waals surface area contributed by atoms with Gasteiger partial charge in [-0.15, -0.1) is 0 Å². The first-order chi connectivity index (χ1) is 11.8. The van der Waals surface area contributed by atoms with Crippen molar-refractivity contribution in [1.29, 1.82) is 5.41 Å². The Hall–Kier alpha value is -2.89. The van der Waals surface area contributed by atoms with Crippen LogP contribution in [0.25, 0.3) is 0 Å². The molecular weight excluding hydrogens is 316 g/mol. The summed E-state index contributed by atoms with van der Waals surface area (Å²) in [5.74, 6) is -0.810. The number of nitrogens with two attached hydrogens (primary N) is 2. The molecule has 6 heteroatoms. The minimum atomic E-state index is -0.886. The molecule has 0 saturated carbocycles. The van der Waals surface area contributed by atoms with Gasteiger partial charge in [0.25, 0.3) is 0 Å². The summed E-state index contributed by atoms with van der Waals surface area (Å²) in [4.78, 5) is 14.9. The molecule has 134 valence electrons. The van der Waals surface area contributed by atoms with Gasteiger partial charge in [-0.3, -0.25) is 10.2 Å². The van der Waals surface area contributed by atoms with Gasteiger partial charge in [-0.1, -0.05) is 43.3 Å². The summed E-state index contributed by atoms with van der Waals surface area (Å²) < 4.78 is 0. The molecule has 2 atom stereocenters. The minimum Gasteiger partial charge on any atom is -0.481 e. The summed E-state index contributed by atoms with van der Waals surface area (Å²) in [5.41, 5.74) is 12.8. The van der Waals surface area contributed by atoms with Crippen molar-refractivity contribution in [2.75, 3.05) is 5.73 Å². The quantitative estimate of drug-likeness (QED) is 0.474. The van der Waals surface area contributed by atoms with Gasteiger partial charge in [-0.05, 0) is 36.5 Å². The number of benzene rings is 1. The fourth-order valence-electron chi connectivity index (χ4n) is 2.36. The highest BCUT2D eigenvalue weighted by Gasteiger charge is 2.21. The third-order valence-corrected chi connectivity index (χ3v) is 3.76. The number of amidine groups is 1. The molecule has 1 aromatic heterocycles. The van der Waals surface area contributed by atoms with Crippen LogP contribution in [0.3, 0.4) is 0 Å². The van der Waals surface area contributed by atoms with E-state index in [2.05, 4.69) is 4.98 Å². The minimum absolute atomic E-state index is 0.0716. The monoisotopic (exact) mass is 342 g/mol. The highest BCUT2D eigenvalue weighted by molar-refractivity contribution is 5.82. The van der Waals surface area contributed by atoms with Gasteiger partial charge in [0.15, 0.2) is 0 Å². The molecule has 2 aromatic rings. The van der Waals surface area contributed by atoms with E-state index >= 15 is 0 Å². The van der Waals surface area contributed by atoms with Crippen LogP contribution in [0, 0.1) is 18.3 Å². The first-order valence-corrected chi connectivity index (χ1v) is 8.08. The highest BCUT2D eigenvalue weighted by Crippen LogP contribution is 2.25. The van der Waals surface area contributed by atoms with E-state index in [-0.39, 0.29) is 18.2 Å². The molecule has 0 radical (unpaired) electrons. The summed E-state index contributed by atoms with van der Waals surface area (Å²) >= 11 is 0. The number of rotatable bonds is 6. The third kappa shape index (κ3) is 7.97. The molecule has 1 aromatic carbocycles. The second-order valence-corrected chi connectivity index (χ2v) is 6.07. The van der Waals surface area contributed by atoms with Crippen molar-refractivity contribution in [3.8, 4) is 0 Å². The standard InChI is InChI=1S/C13H18N2O2.C6H8N2/c1-9(10-5-3-2-4-6-10)7-11(13(16)17)8-12(14)15;1-5-2-3-6(7)8-4-5/h2-6,9,11H,7-8H2,1H3,(H3,14,15)(H,16,17);2-4H,1H3,(H2,7,8). The summed E-state index contributed by atoms with van der Waals surface area (Å²) in [7, 11) is 0. The van der Waals surface area contributed by atoms with Crippen molar-refractivity contribution < 1.29 is 9.90 Å². The highest BCUT2D eigenvalue weighted by atomic mass is 16.4. The number of nitrogens with zero attached hydrogens (tertiary/aromatic N) is 1. The maximum absolute atomic E-state index is 11.0. The lowest BCUT2D eigenvalue weighted by atomic mass is 9.88. The number of nitrogen functional groups attached to an aromatic ring is 1. The van der Waals surface area contributed by atoms with Gasteiger partial charge < -0.3 is 16.6 Å². The lowest BCUT2D eigenvalue weighted by Gasteiger charge is -2.17. The molecule has 0 aliphatic rings. The number of aryl methyl sites for hydroxylation is 1. The average molecular weight is 342 g/mol. The van der Waals surface area contributed by atoms with Gasteiger partial charge in [0, 0.05) is 12.6 Å². The predicted octanol–water partition coefficient (Wildman–Crippen LogP) is 3.18. The van der Waals surface area contributed by atoms with Crippen LogP contribution in [0.4, 0.5) is 5.82 Å². The van der Waals surface area contributed by atoms with Gasteiger partial charge in [-0.2, -0.15) is 0 Å². The molecule has 0 amide bonds. The topological polar surface area (TPSA) is 126 Å². The number of aromatic nitrogens is 1. The van der Waals surface area contributed by atoms with Crippen molar-refractivity contribution in [2.45, 2.75) is 32.6 Å². The molecule has 6 N–H and O–H groups in total. The summed E-state index contributed by atoms with van der Waals surface area (Å²) in [6.07, 6.45) is 2.36. The number of aliphatic carboxylic acids is 1. The first-order valence-electron chi connectivity index (χ1n) is 8.08. The second-order valence-electron chi connectivity index (χ2n) is 6.07. The maximum atomic E-state index is 11.0. The van der Waals surface area contributed by atoms with E-state index in [1.54, 1.807) is 12.3 Å². The largest absolute Gasteiger partial charge is 0.481 e. The van der Waals surface area contributed by atoms with Crippen molar-refractivity contribution >= 4 is 17.6 Å². The van der Waals surface area contributed by atoms with Crippen LogP contribution >= 0.6 is 0 Å². The van der Waals surface area contributed by atoms with Crippen molar-refractivity contribution in [3.05, 3.63) is 59.8 Å². The molecule has 0 fully saturated rings. The van der Waals surface area contributed by atoms with Gasteiger partial charge in [0.2, 0.25) is 0 Å². The number of hydrogen-bond acceptors (Lipinski definition) is 4. The summed E-state index contributed by atoms with van der Waals surface area (Å²) in [6, 6.07) is 13.5. The molecule has 0 spiro atoms. The summed E-state index contributed by atoms with van der Waals surface area (Å²) in [5, 5.41) is 16.2. The Morgan fingerprint density at radius 3 is 2.32 bits per heavy atom. The van der Waals surface area contributed by atoms with E-state index < -0.39 is 11.9 Å². The van der Waals surface area contributed by atoms with Gasteiger partial charge in [0.05, 0.1) is 11.8 Å². The smallest absolute Gasteiger partial charge is 0.306 e. The third-order valence-electron chi connectivity index (χ3n) is 3.76. The van der Waals surface area contributed by atoms with Crippen LogP contribution < -0.4 is 11.5 Å². The van der Waals surface area contributed by atoms with E-state index in [1.165, 1.54) is 0 Å². The fraction of sp³-hybridized carbons (Fsp3) is 0.316. The maximum Gasteiger partial charge on any atom is 0.306 e. The van der Waals surface area contributed by atoms with Crippen LogP contribution in [0.2, 0.25) is 0 Å². The average Bonchev–Trinajstić information content (AvgIpc) is 2.58. The summed E-state index contributed by atoms with van der Waals surface area (Å²) in [6.45, 7) is 3.97. The second kappa shape index (κ2) is 10.1. The Morgan fingerprint density at radius 1 is 1.24 bits per heavy atom.